The van der Waals surface area contributed by atoms with Gasteiger partial charge in [-0.1, -0.05) is 22.0 Å². The van der Waals surface area contributed by atoms with E-state index in [1.807, 2.05) is 13.0 Å². The van der Waals surface area contributed by atoms with Crippen molar-refractivity contribution in [2.45, 2.75) is 68.3 Å². The van der Waals surface area contributed by atoms with Crippen LogP contribution in [0, 0.1) is 6.92 Å². The first-order chi connectivity index (χ1) is 15.0. The van der Waals surface area contributed by atoms with Crippen LogP contribution >= 0.6 is 15.9 Å². The molecule has 0 spiro atoms. The molecule has 2 saturated heterocycles. The molecule has 2 fully saturated rings. The molecule has 0 saturated carbocycles. The van der Waals surface area contributed by atoms with Crippen LogP contribution < -0.4 is 0 Å². The first-order valence-corrected chi connectivity index (χ1v) is 10.5. The van der Waals surface area contributed by atoms with Gasteiger partial charge in [0.2, 0.25) is 0 Å². The van der Waals surface area contributed by atoms with Gasteiger partial charge in [0.15, 0.2) is 12.6 Å². The molecule has 2 heterocycles. The predicted molar refractivity (Wildman–Crippen MR) is 109 cm³/mol. The number of hydrogen-bond donors (Lipinski definition) is 9. The summed E-state index contributed by atoms with van der Waals surface area (Å²) in [6, 6.07) is 5.36. The normalized spacial score (nSPS) is 39.8. The van der Waals surface area contributed by atoms with Gasteiger partial charge >= 0.3 is 0 Å². The van der Waals surface area contributed by atoms with Crippen LogP contribution in [0.25, 0.3) is 0 Å². The maximum absolute atomic E-state index is 9.94. The largest absolute Gasteiger partial charge is 0.508 e. The molecule has 32 heavy (non-hydrogen) atoms. The molecule has 1 aromatic rings. The van der Waals surface area contributed by atoms with Crippen LogP contribution in [0.3, 0.4) is 0 Å². The maximum atomic E-state index is 9.94. The third kappa shape index (κ3) is 6.14. The average Bonchev–Trinajstić information content (AvgIpc) is 2.78. The lowest BCUT2D eigenvalue weighted by atomic mass is 9.97. The second kappa shape index (κ2) is 12.0. The second-order valence-corrected chi connectivity index (χ2v) is 8.27. The minimum absolute atomic E-state index is 0.337. The van der Waals surface area contributed by atoms with Gasteiger partial charge in [0.05, 0.1) is 13.2 Å². The molecule has 1 unspecified atom stereocenters. The molecule has 0 radical (unpaired) electrons. The number of halogens is 1. The number of phenolic OH excluding ortho intramolecular Hbond substituents is 1. The van der Waals surface area contributed by atoms with Gasteiger partial charge in [0.25, 0.3) is 0 Å². The number of aliphatic hydroxyl groups is 8. The van der Waals surface area contributed by atoms with Gasteiger partial charge in [-0.2, -0.15) is 0 Å². The molecule has 10 atom stereocenters. The number of phenols is 1. The first-order valence-electron chi connectivity index (χ1n) is 9.74. The van der Waals surface area contributed by atoms with Crippen molar-refractivity contribution < 1.29 is 60.2 Å². The summed E-state index contributed by atoms with van der Waals surface area (Å²) in [6.07, 6.45) is -15.6. The van der Waals surface area contributed by atoms with Gasteiger partial charge in [-0.25, -0.2) is 0 Å². The zero-order valence-electron chi connectivity index (χ0n) is 17.0. The smallest absolute Gasteiger partial charge is 0.187 e. The van der Waals surface area contributed by atoms with E-state index in [0.29, 0.717) is 5.75 Å². The van der Waals surface area contributed by atoms with E-state index in [-0.39, 0.29) is 0 Å². The summed E-state index contributed by atoms with van der Waals surface area (Å²) in [7, 11) is 0. The van der Waals surface area contributed by atoms with E-state index in [0.717, 1.165) is 10.0 Å². The fourth-order valence-corrected chi connectivity index (χ4v) is 3.52. The third-order valence-electron chi connectivity index (χ3n) is 5.22. The lowest BCUT2D eigenvalue weighted by Crippen LogP contribution is -2.64. The van der Waals surface area contributed by atoms with Gasteiger partial charge in [0, 0.05) is 10.0 Å². The van der Waals surface area contributed by atoms with E-state index < -0.39 is 74.6 Å². The molecule has 12 nitrogen and oxygen atoms in total. The third-order valence-corrected chi connectivity index (χ3v) is 6.08. The van der Waals surface area contributed by atoms with Crippen molar-refractivity contribution in [3.63, 3.8) is 0 Å². The van der Waals surface area contributed by atoms with Crippen LogP contribution in [0.4, 0.5) is 0 Å². The number of benzene rings is 1. The van der Waals surface area contributed by atoms with Crippen molar-refractivity contribution in [1.29, 1.82) is 0 Å². The predicted octanol–water partition coefficient (Wildman–Crippen LogP) is -2.93. The van der Waals surface area contributed by atoms with Gasteiger partial charge < -0.3 is 60.2 Å². The Morgan fingerprint density at radius 1 is 0.844 bits per heavy atom. The Bertz CT molecular complexity index is 699. The Kier molecular flexibility index (Phi) is 10.2. The molecule has 0 bridgehead atoms. The Morgan fingerprint density at radius 2 is 1.47 bits per heavy atom. The van der Waals surface area contributed by atoms with Crippen LogP contribution in [0.2, 0.25) is 0 Å². The maximum Gasteiger partial charge on any atom is 0.187 e. The van der Waals surface area contributed by atoms with Crippen molar-refractivity contribution in [2.24, 2.45) is 0 Å². The van der Waals surface area contributed by atoms with Crippen LogP contribution in [-0.2, 0) is 14.2 Å². The number of ether oxygens (including phenoxy) is 3. The van der Waals surface area contributed by atoms with Crippen LogP contribution in [0.15, 0.2) is 22.7 Å². The van der Waals surface area contributed by atoms with E-state index in [9.17, 15) is 35.7 Å². The Hall–Kier alpha value is -0.940. The molecule has 184 valence electrons. The molecular weight excluding hydrogens is 500 g/mol. The number of aromatic hydroxyl groups is 1. The Labute approximate surface area is 192 Å². The standard InChI is InChI=1S/C12H22O11.C7H7BrO/c13-1-3-5(15)6(16)9(19)12(22-3)23-10-4(2-14)21-11(20)8(18)7(10)17;1-5-6(8)3-2-4-7(5)9/h3-20H,1-2H2;2-4,9H,1H3/t3-,4-,5+,6+,7-,8-,9-,10-,11?,12+;/m1./s1. The minimum atomic E-state index is -1.74. The average molecular weight is 529 g/mol. The SMILES string of the molecule is Cc1c(O)cccc1Br.OC[C@H]1O[C@@H](O[C@H]2[C@H](O)[C@@H](O)C(O)O[C@@H]2CO)[C@H](O)[C@@H](O)[C@H]1O. The molecule has 2 aliphatic heterocycles. The highest BCUT2D eigenvalue weighted by molar-refractivity contribution is 9.10. The summed E-state index contributed by atoms with van der Waals surface area (Å²) >= 11 is 3.29. The summed E-state index contributed by atoms with van der Waals surface area (Å²) in [5.74, 6) is 0.337. The highest BCUT2D eigenvalue weighted by atomic mass is 79.9. The lowest BCUT2D eigenvalue weighted by molar-refractivity contribution is -0.355. The first kappa shape index (κ1) is 27.3. The van der Waals surface area contributed by atoms with Crippen LogP contribution in [-0.4, -0.2) is 121 Å². The molecule has 0 aliphatic carbocycles. The molecule has 2 aliphatic rings. The van der Waals surface area contributed by atoms with Gasteiger partial charge in [-0.3, -0.25) is 0 Å². The lowest BCUT2D eigenvalue weighted by Gasteiger charge is -2.45. The topological polar surface area (TPSA) is 210 Å². The van der Waals surface area contributed by atoms with Gasteiger partial charge in [-0.05, 0) is 19.1 Å². The molecular formula is C19H29BrO12. The van der Waals surface area contributed by atoms with E-state index in [1.54, 1.807) is 12.1 Å². The van der Waals surface area contributed by atoms with Crippen molar-refractivity contribution in [1.82, 2.24) is 0 Å². The van der Waals surface area contributed by atoms with Crippen molar-refractivity contribution in [3.05, 3.63) is 28.2 Å². The highest BCUT2D eigenvalue weighted by Crippen LogP contribution is 2.28. The fourth-order valence-electron chi connectivity index (χ4n) is 3.17. The minimum Gasteiger partial charge on any atom is -0.508 e. The van der Waals surface area contributed by atoms with Crippen molar-refractivity contribution in [2.75, 3.05) is 13.2 Å². The van der Waals surface area contributed by atoms with E-state index in [2.05, 4.69) is 15.9 Å². The summed E-state index contributed by atoms with van der Waals surface area (Å²) in [5.41, 5.74) is 0.887. The van der Waals surface area contributed by atoms with E-state index >= 15 is 0 Å². The molecule has 0 amide bonds. The summed E-state index contributed by atoms with van der Waals surface area (Å²) in [5, 5.41) is 85.6. The van der Waals surface area contributed by atoms with Gasteiger partial charge in [-0.15, -0.1) is 0 Å². The molecule has 1 aromatic carbocycles. The Morgan fingerprint density at radius 3 is 2.00 bits per heavy atom. The molecule has 9 N–H and O–H groups in total. The number of aliphatic hydroxyl groups excluding tert-OH is 8. The number of hydrogen-bond acceptors (Lipinski definition) is 12. The highest BCUT2D eigenvalue weighted by Gasteiger charge is 2.50. The summed E-state index contributed by atoms with van der Waals surface area (Å²) in [6.45, 7) is 0.516. The molecule has 3 rings (SSSR count). The van der Waals surface area contributed by atoms with E-state index in [4.69, 9.17) is 24.4 Å². The molecule has 13 heteroatoms. The molecule has 0 aromatic heterocycles. The monoisotopic (exact) mass is 528 g/mol. The summed E-state index contributed by atoms with van der Waals surface area (Å²) in [4.78, 5) is 0. The fraction of sp³-hybridized carbons (Fsp3) is 0.684. The van der Waals surface area contributed by atoms with Crippen LogP contribution in [0.5, 0.6) is 5.75 Å². The van der Waals surface area contributed by atoms with Crippen LogP contribution in [0.1, 0.15) is 5.56 Å². The number of rotatable bonds is 4. The van der Waals surface area contributed by atoms with Crippen molar-refractivity contribution in [3.8, 4) is 5.75 Å². The Balaban J connectivity index is 0.000000336. The van der Waals surface area contributed by atoms with E-state index in [1.165, 1.54) is 0 Å². The zero-order chi connectivity index (χ0) is 24.2. The van der Waals surface area contributed by atoms with Crippen molar-refractivity contribution >= 4 is 15.9 Å². The van der Waals surface area contributed by atoms with Gasteiger partial charge in [0.1, 0.15) is 54.6 Å². The second-order valence-electron chi connectivity index (χ2n) is 7.41. The summed E-state index contributed by atoms with van der Waals surface area (Å²) < 4.78 is 16.2. The quantitative estimate of drug-likeness (QED) is 0.192. The zero-order valence-corrected chi connectivity index (χ0v) is 18.6.